The van der Waals surface area contributed by atoms with Gasteiger partial charge in [-0.2, -0.15) is 0 Å². The van der Waals surface area contributed by atoms with Gasteiger partial charge in [0.25, 0.3) is 0 Å². The molecule has 1 heterocycles. The summed E-state index contributed by atoms with van der Waals surface area (Å²) in [5, 5.41) is 3.56. The number of fused-ring (bicyclic) bond motifs is 1. The lowest BCUT2D eigenvalue weighted by atomic mass is 9.85. The molecule has 2 rings (SSSR count). The summed E-state index contributed by atoms with van der Waals surface area (Å²) < 4.78 is 0. The van der Waals surface area contributed by atoms with Crippen LogP contribution in [0.25, 0.3) is 0 Å². The van der Waals surface area contributed by atoms with E-state index in [1.165, 1.54) is 23.4 Å². The molecular formula is C16H27N3. The summed E-state index contributed by atoms with van der Waals surface area (Å²) in [5.41, 5.74) is 3.95. The van der Waals surface area contributed by atoms with E-state index in [0.29, 0.717) is 6.04 Å². The number of rotatable bonds is 5. The molecular weight excluding hydrogens is 234 g/mol. The number of aromatic nitrogens is 2. The van der Waals surface area contributed by atoms with E-state index in [4.69, 9.17) is 4.98 Å². The zero-order valence-electron chi connectivity index (χ0n) is 12.8. The lowest BCUT2D eigenvalue weighted by Gasteiger charge is -2.26. The first-order valence-corrected chi connectivity index (χ1v) is 7.68. The first-order chi connectivity index (χ1) is 9.10. The van der Waals surface area contributed by atoms with Crippen molar-refractivity contribution < 1.29 is 0 Å². The molecule has 3 heteroatoms. The van der Waals surface area contributed by atoms with Crippen LogP contribution >= 0.6 is 0 Å². The highest BCUT2D eigenvalue weighted by Gasteiger charge is 2.22. The van der Waals surface area contributed by atoms with Crippen LogP contribution in [0.15, 0.2) is 0 Å². The summed E-state index contributed by atoms with van der Waals surface area (Å²) in [7, 11) is 0. The molecule has 1 atom stereocenters. The summed E-state index contributed by atoms with van der Waals surface area (Å²) >= 11 is 0. The van der Waals surface area contributed by atoms with Crippen LogP contribution in [0.2, 0.25) is 0 Å². The third-order valence-corrected chi connectivity index (χ3v) is 3.92. The molecule has 0 radical (unpaired) electrons. The van der Waals surface area contributed by atoms with Crippen LogP contribution < -0.4 is 5.32 Å². The maximum Gasteiger partial charge on any atom is 0.128 e. The molecule has 1 aromatic heterocycles. The molecule has 0 bridgehead atoms. The van der Waals surface area contributed by atoms with Gasteiger partial charge in [-0.15, -0.1) is 0 Å². The van der Waals surface area contributed by atoms with E-state index >= 15 is 0 Å². The largest absolute Gasteiger partial charge is 0.314 e. The molecule has 0 spiro atoms. The lowest BCUT2D eigenvalue weighted by Crippen LogP contribution is -2.32. The minimum Gasteiger partial charge on any atom is -0.314 e. The SMILES string of the molecule is CCCc1nc(C)c2c(n1)CCC(CNC(C)C)C2. The quantitative estimate of drug-likeness (QED) is 0.885. The molecule has 0 aliphatic heterocycles. The van der Waals surface area contributed by atoms with E-state index in [-0.39, 0.29) is 0 Å². The van der Waals surface area contributed by atoms with Gasteiger partial charge in [0.05, 0.1) is 0 Å². The van der Waals surface area contributed by atoms with Crippen LogP contribution in [0, 0.1) is 12.8 Å². The molecule has 1 aliphatic rings. The molecule has 0 saturated heterocycles. The minimum atomic E-state index is 0.575. The van der Waals surface area contributed by atoms with Gasteiger partial charge < -0.3 is 5.32 Å². The van der Waals surface area contributed by atoms with Gasteiger partial charge >= 0.3 is 0 Å². The van der Waals surface area contributed by atoms with Gasteiger partial charge in [-0.1, -0.05) is 20.8 Å². The second kappa shape index (κ2) is 6.47. The van der Waals surface area contributed by atoms with E-state index in [1.54, 1.807) is 0 Å². The van der Waals surface area contributed by atoms with Crippen molar-refractivity contribution in [1.82, 2.24) is 15.3 Å². The Hall–Kier alpha value is -0.960. The van der Waals surface area contributed by atoms with Crippen LogP contribution in [-0.4, -0.2) is 22.6 Å². The predicted octanol–water partition coefficient (Wildman–Crippen LogP) is 2.84. The molecule has 0 amide bonds. The number of aryl methyl sites for hydroxylation is 3. The standard InChI is InChI=1S/C16H27N3/c1-5-6-16-18-12(4)14-9-13(10-17-11(2)3)7-8-15(14)19-16/h11,13,17H,5-10H2,1-4H3. The van der Waals surface area contributed by atoms with Gasteiger partial charge in [0.1, 0.15) is 5.82 Å². The molecule has 3 nitrogen and oxygen atoms in total. The van der Waals surface area contributed by atoms with Crippen molar-refractivity contribution in [3.05, 3.63) is 22.8 Å². The summed E-state index contributed by atoms with van der Waals surface area (Å²) in [6, 6.07) is 0.575. The Kier molecular flexibility index (Phi) is 4.92. The fourth-order valence-corrected chi connectivity index (χ4v) is 2.83. The second-order valence-electron chi connectivity index (χ2n) is 6.07. The van der Waals surface area contributed by atoms with Crippen molar-refractivity contribution in [2.75, 3.05) is 6.54 Å². The fraction of sp³-hybridized carbons (Fsp3) is 0.750. The Morgan fingerprint density at radius 3 is 2.79 bits per heavy atom. The molecule has 0 fully saturated rings. The molecule has 1 N–H and O–H groups in total. The maximum absolute atomic E-state index is 4.76. The number of hydrogen-bond acceptors (Lipinski definition) is 3. The first kappa shape index (κ1) is 14.4. The minimum absolute atomic E-state index is 0.575. The fourth-order valence-electron chi connectivity index (χ4n) is 2.83. The molecule has 1 aliphatic carbocycles. The van der Waals surface area contributed by atoms with Crippen LogP contribution in [-0.2, 0) is 19.3 Å². The van der Waals surface area contributed by atoms with Crippen molar-refractivity contribution >= 4 is 0 Å². The highest BCUT2D eigenvalue weighted by Crippen LogP contribution is 2.26. The van der Waals surface area contributed by atoms with Crippen LogP contribution in [0.1, 0.15) is 56.4 Å². The van der Waals surface area contributed by atoms with Crippen molar-refractivity contribution in [2.45, 2.75) is 65.8 Å². The Balaban J connectivity index is 2.08. The smallest absolute Gasteiger partial charge is 0.128 e. The molecule has 1 aromatic rings. The van der Waals surface area contributed by atoms with Crippen LogP contribution in [0.5, 0.6) is 0 Å². The molecule has 106 valence electrons. The van der Waals surface area contributed by atoms with Gasteiger partial charge in [0.15, 0.2) is 0 Å². The molecule has 0 saturated carbocycles. The van der Waals surface area contributed by atoms with Gasteiger partial charge in [0.2, 0.25) is 0 Å². The maximum atomic E-state index is 4.76. The molecule has 0 aromatic carbocycles. The van der Waals surface area contributed by atoms with Crippen molar-refractivity contribution in [2.24, 2.45) is 5.92 Å². The number of hydrogen-bond donors (Lipinski definition) is 1. The highest BCUT2D eigenvalue weighted by molar-refractivity contribution is 5.28. The highest BCUT2D eigenvalue weighted by atomic mass is 14.9. The summed E-state index contributed by atoms with van der Waals surface area (Å²) in [6.07, 6.45) is 5.66. The van der Waals surface area contributed by atoms with E-state index in [2.05, 4.69) is 38.0 Å². The Morgan fingerprint density at radius 1 is 1.32 bits per heavy atom. The monoisotopic (exact) mass is 261 g/mol. The summed E-state index contributed by atoms with van der Waals surface area (Å²) in [5.74, 6) is 1.78. The zero-order valence-corrected chi connectivity index (χ0v) is 12.8. The number of nitrogens with one attached hydrogen (secondary N) is 1. The number of nitrogens with zero attached hydrogens (tertiary/aromatic N) is 2. The first-order valence-electron chi connectivity index (χ1n) is 7.68. The second-order valence-corrected chi connectivity index (χ2v) is 6.07. The van der Waals surface area contributed by atoms with Gasteiger partial charge in [-0.3, -0.25) is 0 Å². The Bertz CT molecular complexity index is 426. The van der Waals surface area contributed by atoms with Crippen LogP contribution in [0.4, 0.5) is 0 Å². The Morgan fingerprint density at radius 2 is 2.11 bits per heavy atom. The zero-order chi connectivity index (χ0) is 13.8. The molecule has 1 unspecified atom stereocenters. The van der Waals surface area contributed by atoms with E-state index in [0.717, 1.165) is 44.0 Å². The van der Waals surface area contributed by atoms with E-state index in [1.807, 2.05) is 0 Å². The predicted molar refractivity (Wildman–Crippen MR) is 79.4 cm³/mol. The van der Waals surface area contributed by atoms with Gasteiger partial charge in [-0.25, -0.2) is 9.97 Å². The lowest BCUT2D eigenvalue weighted by molar-refractivity contribution is 0.400. The third kappa shape index (κ3) is 3.75. The van der Waals surface area contributed by atoms with Gasteiger partial charge in [-0.05, 0) is 50.6 Å². The topological polar surface area (TPSA) is 37.8 Å². The normalized spacial score (nSPS) is 18.7. The third-order valence-electron chi connectivity index (χ3n) is 3.92. The van der Waals surface area contributed by atoms with Gasteiger partial charge in [0, 0.05) is 23.9 Å². The summed E-state index contributed by atoms with van der Waals surface area (Å²) in [4.78, 5) is 9.44. The van der Waals surface area contributed by atoms with Crippen LogP contribution in [0.3, 0.4) is 0 Å². The molecule has 19 heavy (non-hydrogen) atoms. The summed E-state index contributed by atoms with van der Waals surface area (Å²) in [6.45, 7) is 9.88. The van der Waals surface area contributed by atoms with Crippen molar-refractivity contribution in [3.63, 3.8) is 0 Å². The average molecular weight is 261 g/mol. The van der Waals surface area contributed by atoms with E-state index < -0.39 is 0 Å². The van der Waals surface area contributed by atoms with Crippen molar-refractivity contribution in [3.8, 4) is 0 Å². The Labute approximate surface area is 117 Å². The van der Waals surface area contributed by atoms with Crippen molar-refractivity contribution in [1.29, 1.82) is 0 Å². The average Bonchev–Trinajstić information content (AvgIpc) is 2.37. The van der Waals surface area contributed by atoms with E-state index in [9.17, 15) is 0 Å².